The van der Waals surface area contributed by atoms with Gasteiger partial charge in [0.1, 0.15) is 0 Å². The van der Waals surface area contributed by atoms with Gasteiger partial charge in [-0.1, -0.05) is 20.8 Å². The molecule has 0 fully saturated rings. The van der Waals surface area contributed by atoms with E-state index in [9.17, 15) is 8.42 Å². The predicted molar refractivity (Wildman–Crippen MR) is 63.6 cm³/mol. The van der Waals surface area contributed by atoms with Crippen molar-refractivity contribution in [2.45, 2.75) is 39.2 Å². The summed E-state index contributed by atoms with van der Waals surface area (Å²) in [5.41, 5.74) is -1.13. The van der Waals surface area contributed by atoms with Gasteiger partial charge in [-0.2, -0.15) is 0 Å². The molecule has 0 radical (unpaired) electrons. The van der Waals surface area contributed by atoms with Gasteiger partial charge in [-0.15, -0.1) is 0 Å². The van der Waals surface area contributed by atoms with Crippen LogP contribution in [0.25, 0.3) is 0 Å². The van der Waals surface area contributed by atoms with Crippen LogP contribution in [0.5, 0.6) is 0 Å². The van der Waals surface area contributed by atoms with Crippen LogP contribution in [-0.2, 0) is 10.0 Å². The highest BCUT2D eigenvalue weighted by molar-refractivity contribution is 7.89. The summed E-state index contributed by atoms with van der Waals surface area (Å²) >= 11 is 0. The van der Waals surface area contributed by atoms with Crippen molar-refractivity contribution >= 4 is 10.0 Å². The molecule has 0 aromatic rings. The van der Waals surface area contributed by atoms with Gasteiger partial charge in [-0.05, 0) is 18.8 Å². The van der Waals surface area contributed by atoms with E-state index >= 15 is 0 Å². The molecule has 98 valence electrons. The van der Waals surface area contributed by atoms with Crippen LogP contribution >= 0.6 is 0 Å². The number of aliphatic hydroxyl groups is 2. The van der Waals surface area contributed by atoms with Crippen LogP contribution in [0.1, 0.15) is 33.6 Å². The molecule has 0 saturated heterocycles. The summed E-state index contributed by atoms with van der Waals surface area (Å²) < 4.78 is 25.8. The minimum atomic E-state index is -3.44. The maximum absolute atomic E-state index is 11.7. The minimum Gasteiger partial charge on any atom is -0.394 e. The van der Waals surface area contributed by atoms with Gasteiger partial charge in [0.05, 0.1) is 24.5 Å². The van der Waals surface area contributed by atoms with Gasteiger partial charge in [0.15, 0.2) is 0 Å². The van der Waals surface area contributed by atoms with Gasteiger partial charge in [0, 0.05) is 0 Å². The average molecular weight is 253 g/mol. The first kappa shape index (κ1) is 15.8. The Morgan fingerprint density at radius 2 is 1.75 bits per heavy atom. The molecule has 0 aromatic heterocycles. The molecular weight excluding hydrogens is 230 g/mol. The van der Waals surface area contributed by atoms with Crippen LogP contribution in [0, 0.1) is 5.92 Å². The van der Waals surface area contributed by atoms with Crippen molar-refractivity contribution in [1.82, 2.24) is 4.72 Å². The summed E-state index contributed by atoms with van der Waals surface area (Å²) in [5.74, 6) is 0.322. The SMILES string of the molecule is CCC(CO)(CO)NS(=O)(=O)CCC(C)C. The molecule has 0 atom stereocenters. The molecule has 0 amide bonds. The van der Waals surface area contributed by atoms with E-state index in [2.05, 4.69) is 4.72 Å². The molecule has 0 aliphatic carbocycles. The summed E-state index contributed by atoms with van der Waals surface area (Å²) in [6.45, 7) is 4.81. The number of rotatable bonds is 8. The third-order valence-corrected chi connectivity index (χ3v) is 4.14. The highest BCUT2D eigenvalue weighted by Gasteiger charge is 2.31. The predicted octanol–water partition coefficient (Wildman–Crippen LogP) is 0.0853. The van der Waals surface area contributed by atoms with E-state index in [0.717, 1.165) is 0 Å². The van der Waals surface area contributed by atoms with Crippen molar-refractivity contribution in [3.8, 4) is 0 Å². The van der Waals surface area contributed by atoms with E-state index in [0.29, 0.717) is 18.8 Å². The molecule has 0 bridgehead atoms. The van der Waals surface area contributed by atoms with Crippen molar-refractivity contribution < 1.29 is 18.6 Å². The monoisotopic (exact) mass is 253 g/mol. The number of sulfonamides is 1. The Hall–Kier alpha value is -0.170. The maximum atomic E-state index is 11.7. The first-order chi connectivity index (χ1) is 7.31. The van der Waals surface area contributed by atoms with E-state index in [1.54, 1.807) is 6.92 Å². The van der Waals surface area contributed by atoms with Crippen molar-refractivity contribution in [2.75, 3.05) is 19.0 Å². The second kappa shape index (κ2) is 6.54. The van der Waals surface area contributed by atoms with Gasteiger partial charge in [0.2, 0.25) is 10.0 Å². The summed E-state index contributed by atoms with van der Waals surface area (Å²) in [5, 5.41) is 18.3. The quantitative estimate of drug-likeness (QED) is 0.572. The van der Waals surface area contributed by atoms with Gasteiger partial charge < -0.3 is 10.2 Å². The Balaban J connectivity index is 4.54. The number of nitrogens with one attached hydrogen (secondary N) is 1. The van der Waals surface area contributed by atoms with Crippen LogP contribution in [0.4, 0.5) is 0 Å². The summed E-state index contributed by atoms with van der Waals surface area (Å²) in [6, 6.07) is 0. The van der Waals surface area contributed by atoms with Gasteiger partial charge >= 0.3 is 0 Å². The molecule has 3 N–H and O–H groups in total. The zero-order valence-electron chi connectivity index (χ0n) is 10.2. The highest BCUT2D eigenvalue weighted by Crippen LogP contribution is 2.12. The van der Waals surface area contributed by atoms with Crippen molar-refractivity contribution in [3.05, 3.63) is 0 Å². The zero-order valence-corrected chi connectivity index (χ0v) is 11.0. The summed E-state index contributed by atoms with van der Waals surface area (Å²) in [6.07, 6.45) is 0.910. The standard InChI is InChI=1S/C10H23NO4S/c1-4-10(7-12,8-13)11-16(14,15)6-5-9(2)3/h9,11-13H,4-8H2,1-3H3. The van der Waals surface area contributed by atoms with Gasteiger partial charge in [-0.3, -0.25) is 0 Å². The Bertz CT molecular complexity index is 275. The van der Waals surface area contributed by atoms with Gasteiger partial charge in [-0.25, -0.2) is 13.1 Å². The first-order valence-corrected chi connectivity index (χ1v) is 7.19. The molecule has 0 saturated carbocycles. The van der Waals surface area contributed by atoms with Crippen LogP contribution in [0.3, 0.4) is 0 Å². The molecule has 16 heavy (non-hydrogen) atoms. The van der Waals surface area contributed by atoms with E-state index in [-0.39, 0.29) is 5.75 Å². The molecular formula is C10H23NO4S. The molecule has 0 aromatic carbocycles. The van der Waals surface area contributed by atoms with Crippen molar-refractivity contribution in [2.24, 2.45) is 5.92 Å². The molecule has 0 unspecified atom stereocenters. The fourth-order valence-electron chi connectivity index (χ4n) is 1.18. The Morgan fingerprint density at radius 1 is 1.25 bits per heavy atom. The molecule has 5 nitrogen and oxygen atoms in total. The lowest BCUT2D eigenvalue weighted by molar-refractivity contribution is 0.105. The number of hydrogen-bond acceptors (Lipinski definition) is 4. The van der Waals surface area contributed by atoms with Crippen LogP contribution < -0.4 is 4.72 Å². The first-order valence-electron chi connectivity index (χ1n) is 5.54. The minimum absolute atomic E-state index is 0.0203. The number of aliphatic hydroxyl groups excluding tert-OH is 2. The van der Waals surface area contributed by atoms with Crippen LogP contribution in [0.15, 0.2) is 0 Å². The van der Waals surface area contributed by atoms with Crippen LogP contribution in [-0.4, -0.2) is 43.1 Å². The normalized spacial score (nSPS) is 13.4. The topological polar surface area (TPSA) is 86.6 Å². The lowest BCUT2D eigenvalue weighted by Gasteiger charge is -2.29. The molecule has 6 heteroatoms. The van der Waals surface area contributed by atoms with E-state index in [4.69, 9.17) is 10.2 Å². The molecule has 0 rings (SSSR count). The summed E-state index contributed by atoms with van der Waals surface area (Å²) in [4.78, 5) is 0. The summed E-state index contributed by atoms with van der Waals surface area (Å²) in [7, 11) is -3.44. The maximum Gasteiger partial charge on any atom is 0.212 e. The fourth-order valence-corrected chi connectivity index (χ4v) is 3.00. The Kier molecular flexibility index (Phi) is 6.47. The van der Waals surface area contributed by atoms with Crippen molar-refractivity contribution in [3.63, 3.8) is 0 Å². The van der Waals surface area contributed by atoms with E-state index < -0.39 is 28.8 Å². The lowest BCUT2D eigenvalue weighted by Crippen LogP contribution is -2.54. The average Bonchev–Trinajstić information content (AvgIpc) is 2.24. The smallest absolute Gasteiger partial charge is 0.212 e. The zero-order chi connectivity index (χ0) is 12.8. The molecule has 0 spiro atoms. The Morgan fingerprint density at radius 3 is 2.06 bits per heavy atom. The third kappa shape index (κ3) is 5.25. The van der Waals surface area contributed by atoms with Crippen LogP contribution in [0.2, 0.25) is 0 Å². The van der Waals surface area contributed by atoms with E-state index in [1.807, 2.05) is 13.8 Å². The third-order valence-electron chi connectivity index (χ3n) is 2.62. The molecule has 0 aliphatic heterocycles. The number of hydrogen-bond donors (Lipinski definition) is 3. The van der Waals surface area contributed by atoms with Gasteiger partial charge in [0.25, 0.3) is 0 Å². The highest BCUT2D eigenvalue weighted by atomic mass is 32.2. The lowest BCUT2D eigenvalue weighted by atomic mass is 10.0. The van der Waals surface area contributed by atoms with Crippen molar-refractivity contribution in [1.29, 1.82) is 0 Å². The second-order valence-corrected chi connectivity index (χ2v) is 6.40. The second-order valence-electron chi connectivity index (χ2n) is 4.55. The Labute approximate surface area is 97.9 Å². The molecule has 0 heterocycles. The largest absolute Gasteiger partial charge is 0.394 e. The van der Waals surface area contributed by atoms with E-state index in [1.165, 1.54) is 0 Å². The fraction of sp³-hybridized carbons (Fsp3) is 1.00. The molecule has 0 aliphatic rings.